The number of ether oxygens (including phenoxy) is 1. The van der Waals surface area contributed by atoms with Gasteiger partial charge in [0.05, 0.1) is 0 Å². The molecule has 0 saturated carbocycles. The number of esters is 1. The highest BCUT2D eigenvalue weighted by Gasteiger charge is 2.16. The van der Waals surface area contributed by atoms with E-state index >= 15 is 0 Å². The van der Waals surface area contributed by atoms with Gasteiger partial charge < -0.3 is 10.1 Å². The maximum absolute atomic E-state index is 11.2. The van der Waals surface area contributed by atoms with Crippen LogP contribution in [0.15, 0.2) is 12.2 Å². The zero-order valence-corrected chi connectivity index (χ0v) is 16.7. The van der Waals surface area contributed by atoms with Crippen molar-refractivity contribution in [3.8, 4) is 0 Å². The SMILES string of the molecule is Br.C=C(C)C(=O)OCCNC(C)(C)CCCCCCCCC. The first-order valence-electron chi connectivity index (χ1n) is 8.46. The van der Waals surface area contributed by atoms with E-state index in [1.54, 1.807) is 6.92 Å². The topological polar surface area (TPSA) is 38.3 Å². The van der Waals surface area contributed by atoms with Gasteiger partial charge in [-0.1, -0.05) is 58.4 Å². The van der Waals surface area contributed by atoms with Crippen LogP contribution in [0.2, 0.25) is 0 Å². The summed E-state index contributed by atoms with van der Waals surface area (Å²) < 4.78 is 5.08. The highest BCUT2D eigenvalue weighted by atomic mass is 79.9. The quantitative estimate of drug-likeness (QED) is 0.272. The molecule has 1 N–H and O–H groups in total. The van der Waals surface area contributed by atoms with E-state index in [1.807, 2.05) is 0 Å². The molecule has 0 aromatic rings. The summed E-state index contributed by atoms with van der Waals surface area (Å²) in [5, 5.41) is 3.46. The molecule has 0 saturated heterocycles. The van der Waals surface area contributed by atoms with Crippen LogP contribution < -0.4 is 5.32 Å². The summed E-state index contributed by atoms with van der Waals surface area (Å²) in [7, 11) is 0. The Morgan fingerprint density at radius 2 is 1.64 bits per heavy atom. The zero-order chi connectivity index (χ0) is 16.1. The average molecular weight is 378 g/mol. The average Bonchev–Trinajstić information content (AvgIpc) is 2.42. The minimum Gasteiger partial charge on any atom is -0.461 e. The standard InChI is InChI=1S/C18H35NO2.BrH/c1-6-7-8-9-10-11-12-13-18(4,5)19-14-15-21-17(20)16(2)3;/h19H,2,6-15H2,1,3-5H3;1H. The largest absolute Gasteiger partial charge is 0.461 e. The van der Waals surface area contributed by atoms with Crippen molar-refractivity contribution in [1.29, 1.82) is 0 Å². The number of carbonyl (C=O) groups excluding carboxylic acids is 1. The molecule has 0 fully saturated rings. The third-order valence-electron chi connectivity index (χ3n) is 3.69. The van der Waals surface area contributed by atoms with Crippen molar-refractivity contribution in [2.45, 2.75) is 84.6 Å². The Bertz CT molecular complexity index is 303. The second-order valence-corrected chi connectivity index (χ2v) is 6.60. The summed E-state index contributed by atoms with van der Waals surface area (Å²) in [6.07, 6.45) is 10.5. The molecule has 0 aromatic heterocycles. The fourth-order valence-electron chi connectivity index (χ4n) is 2.27. The predicted octanol–water partition coefficient (Wildman–Crippen LogP) is 5.19. The fraction of sp³-hybridized carbons (Fsp3) is 0.833. The molecule has 0 aliphatic carbocycles. The van der Waals surface area contributed by atoms with Crippen LogP contribution in [-0.4, -0.2) is 24.7 Å². The third kappa shape index (κ3) is 14.6. The molecule has 0 heterocycles. The Labute approximate surface area is 148 Å². The van der Waals surface area contributed by atoms with Crippen molar-refractivity contribution in [2.75, 3.05) is 13.2 Å². The van der Waals surface area contributed by atoms with Gasteiger partial charge in [0, 0.05) is 17.7 Å². The molecule has 0 aliphatic heterocycles. The van der Waals surface area contributed by atoms with Gasteiger partial charge in [-0.2, -0.15) is 0 Å². The van der Waals surface area contributed by atoms with Gasteiger partial charge in [0.2, 0.25) is 0 Å². The van der Waals surface area contributed by atoms with Crippen LogP contribution in [0.1, 0.15) is 79.1 Å². The fourth-order valence-corrected chi connectivity index (χ4v) is 2.27. The lowest BCUT2D eigenvalue weighted by Gasteiger charge is -2.26. The lowest BCUT2D eigenvalue weighted by Crippen LogP contribution is -2.41. The van der Waals surface area contributed by atoms with Crippen LogP contribution in [0.5, 0.6) is 0 Å². The number of unbranched alkanes of at least 4 members (excludes halogenated alkanes) is 6. The van der Waals surface area contributed by atoms with Crippen LogP contribution in [0.3, 0.4) is 0 Å². The van der Waals surface area contributed by atoms with Crippen LogP contribution in [0.4, 0.5) is 0 Å². The first kappa shape index (κ1) is 23.9. The molecule has 0 aromatic carbocycles. The third-order valence-corrected chi connectivity index (χ3v) is 3.69. The molecule has 3 nitrogen and oxygen atoms in total. The van der Waals surface area contributed by atoms with Gasteiger partial charge in [0.25, 0.3) is 0 Å². The maximum atomic E-state index is 11.2. The normalized spacial score (nSPS) is 10.9. The van der Waals surface area contributed by atoms with E-state index in [4.69, 9.17) is 4.74 Å². The van der Waals surface area contributed by atoms with Crippen molar-refractivity contribution in [1.82, 2.24) is 5.32 Å². The van der Waals surface area contributed by atoms with Crippen molar-refractivity contribution >= 4 is 23.0 Å². The predicted molar refractivity (Wildman–Crippen MR) is 101 cm³/mol. The highest BCUT2D eigenvalue weighted by molar-refractivity contribution is 8.93. The van der Waals surface area contributed by atoms with Gasteiger partial charge >= 0.3 is 5.97 Å². The minimum absolute atomic E-state index is 0. The van der Waals surface area contributed by atoms with Crippen LogP contribution in [0.25, 0.3) is 0 Å². The Hall–Kier alpha value is -0.350. The van der Waals surface area contributed by atoms with Crippen LogP contribution in [-0.2, 0) is 9.53 Å². The molecule has 132 valence electrons. The van der Waals surface area contributed by atoms with E-state index in [9.17, 15) is 4.79 Å². The molecule has 0 amide bonds. The number of carbonyl (C=O) groups is 1. The lowest BCUT2D eigenvalue weighted by atomic mass is 9.96. The van der Waals surface area contributed by atoms with Crippen molar-refractivity contribution in [3.63, 3.8) is 0 Å². The second kappa shape index (κ2) is 14.3. The first-order valence-corrected chi connectivity index (χ1v) is 8.46. The molecule has 4 heteroatoms. The molecule has 0 bridgehead atoms. The Morgan fingerprint density at radius 1 is 1.09 bits per heavy atom. The second-order valence-electron chi connectivity index (χ2n) is 6.60. The van der Waals surface area contributed by atoms with Gasteiger partial charge in [-0.25, -0.2) is 4.79 Å². The molecule has 0 spiro atoms. The molecule has 0 aliphatic rings. The number of hydrogen-bond donors (Lipinski definition) is 1. The Balaban J connectivity index is 0. The molecule has 0 rings (SSSR count). The summed E-state index contributed by atoms with van der Waals surface area (Å²) in [5.74, 6) is -0.304. The van der Waals surface area contributed by atoms with E-state index in [1.165, 1.54) is 44.9 Å². The minimum atomic E-state index is -0.304. The van der Waals surface area contributed by atoms with Gasteiger partial charge in [0.1, 0.15) is 6.61 Å². The zero-order valence-electron chi connectivity index (χ0n) is 15.0. The van der Waals surface area contributed by atoms with Crippen molar-refractivity contribution in [3.05, 3.63) is 12.2 Å². The Morgan fingerprint density at radius 3 is 2.18 bits per heavy atom. The van der Waals surface area contributed by atoms with E-state index in [-0.39, 0.29) is 28.5 Å². The van der Waals surface area contributed by atoms with E-state index in [0.717, 1.165) is 6.42 Å². The summed E-state index contributed by atoms with van der Waals surface area (Å²) in [4.78, 5) is 11.2. The summed E-state index contributed by atoms with van der Waals surface area (Å²) in [6.45, 7) is 13.0. The Kier molecular flexibility index (Phi) is 15.5. The number of nitrogens with one attached hydrogen (secondary N) is 1. The van der Waals surface area contributed by atoms with Gasteiger partial charge in [-0.3, -0.25) is 0 Å². The molecule has 0 atom stereocenters. The van der Waals surface area contributed by atoms with Crippen molar-refractivity contribution < 1.29 is 9.53 Å². The van der Waals surface area contributed by atoms with Crippen molar-refractivity contribution in [2.24, 2.45) is 0 Å². The molecule has 0 radical (unpaired) electrons. The molecule has 22 heavy (non-hydrogen) atoms. The maximum Gasteiger partial charge on any atom is 0.333 e. The first-order chi connectivity index (χ1) is 9.89. The van der Waals surface area contributed by atoms with Gasteiger partial charge in [0.15, 0.2) is 0 Å². The molecule has 0 unspecified atom stereocenters. The van der Waals surface area contributed by atoms with Gasteiger partial charge in [-0.15, -0.1) is 17.0 Å². The van der Waals surface area contributed by atoms with E-state index in [0.29, 0.717) is 18.7 Å². The van der Waals surface area contributed by atoms with Gasteiger partial charge in [-0.05, 0) is 27.2 Å². The van der Waals surface area contributed by atoms with E-state index in [2.05, 4.69) is 32.7 Å². The summed E-state index contributed by atoms with van der Waals surface area (Å²) in [6, 6.07) is 0. The summed E-state index contributed by atoms with van der Waals surface area (Å²) >= 11 is 0. The monoisotopic (exact) mass is 377 g/mol. The smallest absolute Gasteiger partial charge is 0.333 e. The highest BCUT2D eigenvalue weighted by Crippen LogP contribution is 2.15. The molecular weight excluding hydrogens is 342 g/mol. The van der Waals surface area contributed by atoms with Crippen LogP contribution in [0, 0.1) is 0 Å². The number of halogens is 1. The summed E-state index contributed by atoms with van der Waals surface area (Å²) in [5.41, 5.74) is 0.566. The lowest BCUT2D eigenvalue weighted by molar-refractivity contribution is -0.138. The number of rotatable bonds is 13. The molecular formula is C18H36BrNO2. The van der Waals surface area contributed by atoms with Crippen LogP contribution >= 0.6 is 17.0 Å². The number of hydrogen-bond acceptors (Lipinski definition) is 3. The van der Waals surface area contributed by atoms with E-state index < -0.39 is 0 Å².